The molecular formula is C15H20BrN3O. The van der Waals surface area contributed by atoms with E-state index in [0.29, 0.717) is 5.75 Å². The average Bonchev–Trinajstić information content (AvgIpc) is 2.95. The van der Waals surface area contributed by atoms with Crippen LogP contribution in [0.1, 0.15) is 37.2 Å². The van der Waals surface area contributed by atoms with Crippen molar-refractivity contribution in [3.05, 3.63) is 46.5 Å². The largest absolute Gasteiger partial charge is 0.508 e. The second kappa shape index (κ2) is 7.45. The van der Waals surface area contributed by atoms with Gasteiger partial charge in [-0.25, -0.2) is 4.98 Å². The molecule has 2 aromatic rings. The zero-order valence-corrected chi connectivity index (χ0v) is 13.2. The van der Waals surface area contributed by atoms with Crippen molar-refractivity contribution in [1.82, 2.24) is 15.3 Å². The lowest BCUT2D eigenvalue weighted by molar-refractivity contribution is 0.439. The van der Waals surface area contributed by atoms with Crippen LogP contribution >= 0.6 is 15.9 Å². The number of imidazole rings is 1. The number of phenolic OH excluding ortho intramolecular Hbond substituents is 1. The summed E-state index contributed by atoms with van der Waals surface area (Å²) in [5.74, 6) is 1.36. The Morgan fingerprint density at radius 2 is 2.30 bits per heavy atom. The van der Waals surface area contributed by atoms with Crippen molar-refractivity contribution in [3.63, 3.8) is 0 Å². The van der Waals surface area contributed by atoms with Crippen molar-refractivity contribution < 1.29 is 5.11 Å². The first-order valence-corrected chi connectivity index (χ1v) is 7.70. The number of benzene rings is 1. The molecule has 0 amide bonds. The Labute approximate surface area is 127 Å². The summed E-state index contributed by atoms with van der Waals surface area (Å²) in [5, 5.41) is 13.5. The molecule has 0 aliphatic carbocycles. The summed E-state index contributed by atoms with van der Waals surface area (Å²) < 4.78 is 0.987. The van der Waals surface area contributed by atoms with E-state index in [0.717, 1.165) is 41.7 Å². The summed E-state index contributed by atoms with van der Waals surface area (Å²) in [6.45, 7) is 3.01. The number of nitrogens with zero attached hydrogens (tertiary/aromatic N) is 1. The van der Waals surface area contributed by atoms with Gasteiger partial charge in [0.1, 0.15) is 11.6 Å². The smallest absolute Gasteiger partial charge is 0.120 e. The summed E-state index contributed by atoms with van der Waals surface area (Å²) in [7, 11) is 0. The van der Waals surface area contributed by atoms with E-state index in [2.05, 4.69) is 38.1 Å². The van der Waals surface area contributed by atoms with Gasteiger partial charge in [0.05, 0.1) is 0 Å². The maximum Gasteiger partial charge on any atom is 0.120 e. The van der Waals surface area contributed by atoms with Crippen LogP contribution in [0.5, 0.6) is 5.75 Å². The fourth-order valence-electron chi connectivity index (χ4n) is 2.25. The van der Waals surface area contributed by atoms with Gasteiger partial charge in [-0.05, 0) is 37.6 Å². The highest BCUT2D eigenvalue weighted by Crippen LogP contribution is 2.29. The molecule has 1 aromatic carbocycles. The molecule has 0 spiro atoms. The van der Waals surface area contributed by atoms with Crippen LogP contribution in [0.4, 0.5) is 0 Å². The molecule has 0 saturated heterocycles. The fourth-order valence-corrected chi connectivity index (χ4v) is 2.62. The number of nitrogens with one attached hydrogen (secondary N) is 2. The predicted molar refractivity (Wildman–Crippen MR) is 83.8 cm³/mol. The molecule has 5 heteroatoms. The molecule has 1 aromatic heterocycles. The maximum atomic E-state index is 9.97. The second-order valence-electron chi connectivity index (χ2n) is 4.76. The zero-order chi connectivity index (χ0) is 14.4. The van der Waals surface area contributed by atoms with E-state index in [1.54, 1.807) is 12.3 Å². The standard InChI is InChI=1S/C15H20BrN3O/c1-2-13(12-10-11(16)5-6-14(12)20)17-7-3-4-15-18-8-9-19-15/h5-6,8-10,13,17,20H,2-4,7H2,1H3,(H,18,19). The first-order valence-electron chi connectivity index (χ1n) is 6.90. The Balaban J connectivity index is 1.87. The van der Waals surface area contributed by atoms with Crippen molar-refractivity contribution in [2.24, 2.45) is 0 Å². The van der Waals surface area contributed by atoms with Gasteiger partial charge in [0.25, 0.3) is 0 Å². The summed E-state index contributed by atoms with van der Waals surface area (Å²) in [5.41, 5.74) is 0.944. The molecule has 2 rings (SSSR count). The summed E-state index contributed by atoms with van der Waals surface area (Å²) >= 11 is 3.45. The van der Waals surface area contributed by atoms with Crippen LogP contribution in [0.2, 0.25) is 0 Å². The van der Waals surface area contributed by atoms with Crippen LogP contribution in [0.3, 0.4) is 0 Å². The number of H-pyrrole nitrogens is 1. The lowest BCUT2D eigenvalue weighted by atomic mass is 10.0. The van der Waals surface area contributed by atoms with E-state index >= 15 is 0 Å². The van der Waals surface area contributed by atoms with Gasteiger partial charge in [0.2, 0.25) is 0 Å². The molecule has 0 bridgehead atoms. The highest BCUT2D eigenvalue weighted by atomic mass is 79.9. The van der Waals surface area contributed by atoms with Gasteiger partial charge in [0.15, 0.2) is 0 Å². The molecule has 3 N–H and O–H groups in total. The van der Waals surface area contributed by atoms with E-state index in [1.165, 1.54) is 0 Å². The molecule has 108 valence electrons. The van der Waals surface area contributed by atoms with Gasteiger partial charge >= 0.3 is 0 Å². The lowest BCUT2D eigenvalue weighted by Gasteiger charge is -2.18. The maximum absolute atomic E-state index is 9.97. The topological polar surface area (TPSA) is 60.9 Å². The predicted octanol–water partition coefficient (Wildman–Crippen LogP) is 3.55. The molecule has 0 saturated carbocycles. The second-order valence-corrected chi connectivity index (χ2v) is 5.67. The highest BCUT2D eigenvalue weighted by Gasteiger charge is 2.13. The number of aryl methyl sites for hydroxylation is 1. The van der Waals surface area contributed by atoms with Crippen LogP contribution in [0.25, 0.3) is 0 Å². The molecular weight excluding hydrogens is 318 g/mol. The minimum absolute atomic E-state index is 0.170. The minimum Gasteiger partial charge on any atom is -0.508 e. The molecule has 0 fully saturated rings. The Bertz CT molecular complexity index is 528. The molecule has 0 aliphatic heterocycles. The monoisotopic (exact) mass is 337 g/mol. The van der Waals surface area contributed by atoms with Gasteiger partial charge in [-0.2, -0.15) is 0 Å². The van der Waals surface area contributed by atoms with E-state index in [4.69, 9.17) is 0 Å². The Morgan fingerprint density at radius 1 is 1.45 bits per heavy atom. The molecule has 0 radical (unpaired) electrons. The number of rotatable bonds is 7. The van der Waals surface area contributed by atoms with Crippen LogP contribution in [-0.2, 0) is 6.42 Å². The number of phenols is 1. The van der Waals surface area contributed by atoms with Crippen molar-refractivity contribution in [2.45, 2.75) is 32.2 Å². The summed E-state index contributed by atoms with van der Waals surface area (Å²) in [6.07, 6.45) is 6.50. The zero-order valence-electron chi connectivity index (χ0n) is 11.6. The van der Waals surface area contributed by atoms with E-state index < -0.39 is 0 Å². The van der Waals surface area contributed by atoms with E-state index in [1.807, 2.05) is 18.3 Å². The highest BCUT2D eigenvalue weighted by molar-refractivity contribution is 9.10. The van der Waals surface area contributed by atoms with Crippen molar-refractivity contribution in [3.8, 4) is 5.75 Å². The molecule has 0 aliphatic rings. The summed E-state index contributed by atoms with van der Waals surface area (Å²) in [4.78, 5) is 7.31. The Hall–Kier alpha value is -1.33. The van der Waals surface area contributed by atoms with Crippen molar-refractivity contribution in [1.29, 1.82) is 0 Å². The van der Waals surface area contributed by atoms with Crippen LogP contribution < -0.4 is 5.32 Å². The van der Waals surface area contributed by atoms with Crippen molar-refractivity contribution >= 4 is 15.9 Å². The number of hydrogen-bond acceptors (Lipinski definition) is 3. The number of halogens is 1. The molecule has 20 heavy (non-hydrogen) atoms. The molecule has 1 heterocycles. The normalized spacial score (nSPS) is 12.5. The molecule has 4 nitrogen and oxygen atoms in total. The molecule has 1 atom stereocenters. The van der Waals surface area contributed by atoms with E-state index in [-0.39, 0.29) is 6.04 Å². The van der Waals surface area contributed by atoms with Gasteiger partial charge in [-0.3, -0.25) is 0 Å². The molecule has 1 unspecified atom stereocenters. The third-order valence-electron chi connectivity index (χ3n) is 3.31. The van der Waals surface area contributed by atoms with Gasteiger partial charge in [-0.15, -0.1) is 0 Å². The number of aromatic nitrogens is 2. The van der Waals surface area contributed by atoms with Gasteiger partial charge < -0.3 is 15.4 Å². The third kappa shape index (κ3) is 4.08. The quantitative estimate of drug-likeness (QED) is 0.677. The number of aromatic hydroxyl groups is 1. The van der Waals surface area contributed by atoms with Crippen LogP contribution in [0.15, 0.2) is 35.1 Å². The van der Waals surface area contributed by atoms with E-state index in [9.17, 15) is 5.11 Å². The summed E-state index contributed by atoms with van der Waals surface area (Å²) in [6, 6.07) is 5.72. The minimum atomic E-state index is 0.170. The van der Waals surface area contributed by atoms with Gasteiger partial charge in [-0.1, -0.05) is 22.9 Å². The first kappa shape index (κ1) is 15.1. The first-order chi connectivity index (χ1) is 9.70. The Morgan fingerprint density at radius 3 is 3.00 bits per heavy atom. The average molecular weight is 338 g/mol. The Kier molecular flexibility index (Phi) is 5.61. The van der Waals surface area contributed by atoms with Crippen LogP contribution in [-0.4, -0.2) is 21.6 Å². The fraction of sp³-hybridized carbons (Fsp3) is 0.400. The number of aromatic amines is 1. The SMILES string of the molecule is CCC(NCCCc1ncc[nH]1)c1cc(Br)ccc1O. The van der Waals surface area contributed by atoms with Crippen molar-refractivity contribution in [2.75, 3.05) is 6.54 Å². The number of hydrogen-bond donors (Lipinski definition) is 3. The van der Waals surface area contributed by atoms with Gasteiger partial charge in [0, 0.05) is 34.9 Å². The third-order valence-corrected chi connectivity index (χ3v) is 3.80. The van der Waals surface area contributed by atoms with Crippen LogP contribution in [0, 0.1) is 0 Å². The lowest BCUT2D eigenvalue weighted by Crippen LogP contribution is -2.22.